The van der Waals surface area contributed by atoms with Gasteiger partial charge in [0, 0.05) is 16.5 Å². The molecule has 24 heavy (non-hydrogen) atoms. The standard InChI is InChI=1S/C17H11FN4O2/c18-11-5-6-13-12(7-11)15-16(21-13)17(24)22(9-19-15)20-8-10-3-1-2-4-14(10)23/h1-9,21,23H. The minimum Gasteiger partial charge on any atom is -0.507 e. The lowest BCUT2D eigenvalue weighted by Crippen LogP contribution is -2.17. The molecule has 7 heteroatoms. The Morgan fingerprint density at radius 2 is 2.08 bits per heavy atom. The molecule has 0 fully saturated rings. The van der Waals surface area contributed by atoms with Gasteiger partial charge in [0.15, 0.2) is 0 Å². The molecule has 2 N–H and O–H groups in total. The summed E-state index contributed by atoms with van der Waals surface area (Å²) >= 11 is 0. The maximum atomic E-state index is 13.4. The van der Waals surface area contributed by atoms with Gasteiger partial charge in [0.05, 0.1) is 6.21 Å². The first-order chi connectivity index (χ1) is 11.6. The number of benzene rings is 2. The summed E-state index contributed by atoms with van der Waals surface area (Å²) in [6, 6.07) is 10.8. The average molecular weight is 322 g/mol. The van der Waals surface area contributed by atoms with Crippen LogP contribution < -0.4 is 5.56 Å². The van der Waals surface area contributed by atoms with Gasteiger partial charge in [-0.25, -0.2) is 9.37 Å². The van der Waals surface area contributed by atoms with E-state index in [1.807, 2.05) is 0 Å². The molecule has 0 aliphatic carbocycles. The van der Waals surface area contributed by atoms with Crippen molar-refractivity contribution in [3.05, 3.63) is 70.5 Å². The normalized spacial score (nSPS) is 11.7. The van der Waals surface area contributed by atoms with Crippen LogP contribution >= 0.6 is 0 Å². The molecular weight excluding hydrogens is 311 g/mol. The Morgan fingerprint density at radius 3 is 2.92 bits per heavy atom. The minimum absolute atomic E-state index is 0.0597. The van der Waals surface area contributed by atoms with Crippen LogP contribution in [-0.4, -0.2) is 26.0 Å². The fourth-order valence-corrected chi connectivity index (χ4v) is 2.52. The van der Waals surface area contributed by atoms with Crippen LogP contribution in [-0.2, 0) is 0 Å². The molecule has 0 spiro atoms. The molecule has 4 rings (SSSR count). The summed E-state index contributed by atoms with van der Waals surface area (Å²) in [5.41, 5.74) is 1.32. The van der Waals surface area contributed by atoms with Gasteiger partial charge in [0.1, 0.15) is 28.9 Å². The zero-order valence-electron chi connectivity index (χ0n) is 12.3. The number of aromatic nitrogens is 3. The maximum absolute atomic E-state index is 13.4. The molecule has 118 valence electrons. The number of hydrogen-bond acceptors (Lipinski definition) is 4. The smallest absolute Gasteiger partial charge is 0.298 e. The lowest BCUT2D eigenvalue weighted by atomic mass is 10.2. The van der Waals surface area contributed by atoms with Gasteiger partial charge in [-0.2, -0.15) is 9.78 Å². The van der Waals surface area contributed by atoms with E-state index in [9.17, 15) is 14.3 Å². The highest BCUT2D eigenvalue weighted by Gasteiger charge is 2.11. The molecule has 2 aromatic heterocycles. The van der Waals surface area contributed by atoms with Crippen molar-refractivity contribution in [2.75, 3.05) is 0 Å². The number of phenolic OH excluding ortho intramolecular Hbond substituents is 1. The van der Waals surface area contributed by atoms with Crippen LogP contribution in [0, 0.1) is 5.82 Å². The first-order valence-electron chi connectivity index (χ1n) is 7.14. The van der Waals surface area contributed by atoms with Crippen LogP contribution in [0.15, 0.2) is 58.7 Å². The molecule has 2 aromatic carbocycles. The third kappa shape index (κ3) is 2.23. The highest BCUT2D eigenvalue weighted by Crippen LogP contribution is 2.22. The molecule has 0 saturated heterocycles. The molecule has 4 aromatic rings. The average Bonchev–Trinajstić information content (AvgIpc) is 2.94. The van der Waals surface area contributed by atoms with E-state index in [-0.39, 0.29) is 11.3 Å². The number of nitrogens with zero attached hydrogens (tertiary/aromatic N) is 3. The third-order valence-electron chi connectivity index (χ3n) is 3.71. The van der Waals surface area contributed by atoms with Crippen molar-refractivity contribution in [3.63, 3.8) is 0 Å². The Labute approximate surface area is 134 Å². The van der Waals surface area contributed by atoms with Gasteiger partial charge in [-0.1, -0.05) is 12.1 Å². The number of para-hydroxylation sites is 1. The first-order valence-corrected chi connectivity index (χ1v) is 7.14. The fourth-order valence-electron chi connectivity index (χ4n) is 2.52. The second-order valence-electron chi connectivity index (χ2n) is 5.24. The van der Waals surface area contributed by atoms with Crippen molar-refractivity contribution < 1.29 is 9.50 Å². The molecule has 0 aliphatic rings. The SMILES string of the molecule is O=c1c2[nH]c3ccc(F)cc3c2ncn1N=Cc1ccccc1O. The van der Waals surface area contributed by atoms with Crippen molar-refractivity contribution in [3.8, 4) is 5.75 Å². The quantitative estimate of drug-likeness (QED) is 0.556. The molecule has 6 nitrogen and oxygen atoms in total. The van der Waals surface area contributed by atoms with Gasteiger partial charge < -0.3 is 10.1 Å². The van der Waals surface area contributed by atoms with Gasteiger partial charge in [-0.3, -0.25) is 4.79 Å². The van der Waals surface area contributed by atoms with Crippen molar-refractivity contribution in [1.82, 2.24) is 14.6 Å². The van der Waals surface area contributed by atoms with E-state index in [4.69, 9.17) is 0 Å². The number of aromatic amines is 1. The van der Waals surface area contributed by atoms with E-state index in [0.717, 1.165) is 4.68 Å². The van der Waals surface area contributed by atoms with Crippen LogP contribution in [0.1, 0.15) is 5.56 Å². The van der Waals surface area contributed by atoms with E-state index in [2.05, 4.69) is 15.1 Å². The zero-order chi connectivity index (χ0) is 16.7. The summed E-state index contributed by atoms with van der Waals surface area (Å²) in [7, 11) is 0. The second-order valence-corrected chi connectivity index (χ2v) is 5.24. The van der Waals surface area contributed by atoms with Crippen molar-refractivity contribution in [2.24, 2.45) is 5.10 Å². The lowest BCUT2D eigenvalue weighted by molar-refractivity contribution is 0.474. The number of fused-ring (bicyclic) bond motifs is 3. The van der Waals surface area contributed by atoms with Gasteiger partial charge in [0.2, 0.25) is 0 Å². The van der Waals surface area contributed by atoms with E-state index in [0.29, 0.717) is 22.0 Å². The van der Waals surface area contributed by atoms with E-state index < -0.39 is 11.4 Å². The Kier molecular flexibility index (Phi) is 3.13. The molecule has 0 bridgehead atoms. The Hall–Kier alpha value is -3.48. The number of H-pyrrole nitrogens is 1. The summed E-state index contributed by atoms with van der Waals surface area (Å²) in [5.74, 6) is -0.337. The maximum Gasteiger partial charge on any atom is 0.298 e. The number of aromatic hydroxyl groups is 1. The molecule has 0 saturated carbocycles. The second kappa shape index (κ2) is 5.31. The monoisotopic (exact) mass is 322 g/mol. The first kappa shape index (κ1) is 14.1. The van der Waals surface area contributed by atoms with E-state index >= 15 is 0 Å². The summed E-state index contributed by atoms with van der Waals surface area (Å²) in [6.45, 7) is 0. The number of hydrogen-bond donors (Lipinski definition) is 2. The highest BCUT2D eigenvalue weighted by atomic mass is 19.1. The fraction of sp³-hybridized carbons (Fsp3) is 0. The Morgan fingerprint density at radius 1 is 1.25 bits per heavy atom. The van der Waals surface area contributed by atoms with E-state index in [1.54, 1.807) is 24.3 Å². The number of rotatable bonds is 2. The van der Waals surface area contributed by atoms with Crippen LogP contribution in [0.3, 0.4) is 0 Å². The lowest BCUT2D eigenvalue weighted by Gasteiger charge is -1.99. The summed E-state index contributed by atoms with van der Waals surface area (Å²) in [4.78, 5) is 19.6. The number of phenols is 1. The predicted molar refractivity (Wildman–Crippen MR) is 88.9 cm³/mol. The third-order valence-corrected chi connectivity index (χ3v) is 3.71. The van der Waals surface area contributed by atoms with Crippen LogP contribution in [0.2, 0.25) is 0 Å². The van der Waals surface area contributed by atoms with Crippen LogP contribution in [0.25, 0.3) is 21.9 Å². The largest absolute Gasteiger partial charge is 0.507 e. The van der Waals surface area contributed by atoms with Crippen molar-refractivity contribution in [2.45, 2.75) is 0 Å². The highest BCUT2D eigenvalue weighted by molar-refractivity contribution is 6.04. The van der Waals surface area contributed by atoms with Crippen molar-refractivity contribution >= 4 is 28.2 Å². The van der Waals surface area contributed by atoms with Crippen LogP contribution in [0.4, 0.5) is 4.39 Å². The predicted octanol–water partition coefficient (Wildman–Crippen LogP) is 2.60. The molecule has 0 radical (unpaired) electrons. The zero-order valence-corrected chi connectivity index (χ0v) is 12.3. The van der Waals surface area contributed by atoms with Crippen molar-refractivity contribution in [1.29, 1.82) is 0 Å². The molecule has 0 aliphatic heterocycles. The molecule has 2 heterocycles. The summed E-state index contributed by atoms with van der Waals surface area (Å²) in [6.07, 6.45) is 2.63. The molecular formula is C17H11FN4O2. The Bertz CT molecular complexity index is 1160. The Balaban J connectivity index is 1.86. The number of halogens is 1. The topological polar surface area (TPSA) is 83.3 Å². The summed E-state index contributed by atoms with van der Waals surface area (Å²) < 4.78 is 14.5. The summed E-state index contributed by atoms with van der Waals surface area (Å²) in [5, 5.41) is 14.3. The molecule has 0 atom stereocenters. The van der Waals surface area contributed by atoms with Gasteiger partial charge in [-0.15, -0.1) is 0 Å². The number of nitrogens with one attached hydrogen (secondary N) is 1. The molecule has 0 amide bonds. The van der Waals surface area contributed by atoms with E-state index in [1.165, 1.54) is 30.7 Å². The minimum atomic E-state index is -0.414. The van der Waals surface area contributed by atoms with Gasteiger partial charge >= 0.3 is 0 Å². The van der Waals surface area contributed by atoms with Crippen LogP contribution in [0.5, 0.6) is 5.75 Å². The van der Waals surface area contributed by atoms with Gasteiger partial charge in [-0.05, 0) is 30.3 Å². The molecule has 0 unspecified atom stereocenters. The van der Waals surface area contributed by atoms with Gasteiger partial charge in [0.25, 0.3) is 5.56 Å².